The lowest BCUT2D eigenvalue weighted by Crippen LogP contribution is -2.45. The first-order chi connectivity index (χ1) is 15.1. The molecule has 5 nitrogen and oxygen atoms in total. The molecule has 0 atom stereocenters. The summed E-state index contributed by atoms with van der Waals surface area (Å²) in [6, 6.07) is 15.3. The number of hydrazine groups is 1. The largest absolute Gasteiger partial charge is 0.296 e. The van der Waals surface area contributed by atoms with Gasteiger partial charge in [-0.05, 0) is 62.1 Å². The van der Waals surface area contributed by atoms with Gasteiger partial charge in [-0.1, -0.05) is 41.8 Å². The number of hydrogen-bond acceptors (Lipinski definition) is 3. The first-order valence-electron chi connectivity index (χ1n) is 10.8. The van der Waals surface area contributed by atoms with Gasteiger partial charge in [0.1, 0.15) is 5.82 Å². The highest BCUT2D eigenvalue weighted by atomic mass is 35.5. The molecule has 5 rings (SSSR count). The summed E-state index contributed by atoms with van der Waals surface area (Å²) in [5.74, 6) is 0.838. The number of carbonyl (C=O) groups excluding carboxylic acids is 1. The second-order valence-electron chi connectivity index (χ2n) is 8.22. The molecular formula is C24H25Cl3N4O. The summed E-state index contributed by atoms with van der Waals surface area (Å²) in [5.41, 5.74) is 6.25. The summed E-state index contributed by atoms with van der Waals surface area (Å²) < 4.78 is 2.08. The van der Waals surface area contributed by atoms with Crippen molar-refractivity contribution in [2.75, 3.05) is 13.1 Å². The molecule has 1 N–H and O–H groups in total. The quantitative estimate of drug-likeness (QED) is 0.457. The SMILES string of the molecule is Cl.O=C(NN1CCCCC1)c1nc(-c2ccccc2Cl)n(-c2ccc(Cl)cc2)c1C1CC1. The lowest BCUT2D eigenvalue weighted by molar-refractivity contribution is 0.0744. The fourth-order valence-electron chi connectivity index (χ4n) is 4.21. The molecule has 1 aromatic heterocycles. The number of carbonyl (C=O) groups is 1. The van der Waals surface area contributed by atoms with Crippen LogP contribution in [0.15, 0.2) is 48.5 Å². The van der Waals surface area contributed by atoms with E-state index in [4.69, 9.17) is 28.2 Å². The standard InChI is InChI=1S/C24H24Cl2N4O.ClH/c25-17-10-12-18(13-11-17)30-22(16-8-9-16)21(24(31)28-29-14-4-1-5-15-29)27-23(30)19-6-2-3-7-20(19)26;/h2-3,6-7,10-13,16H,1,4-5,8-9,14-15H2,(H,28,31);1H. The number of piperidine rings is 1. The Hall–Kier alpha value is -2.05. The summed E-state index contributed by atoms with van der Waals surface area (Å²) in [7, 11) is 0. The van der Waals surface area contributed by atoms with Crippen molar-refractivity contribution in [2.45, 2.75) is 38.0 Å². The van der Waals surface area contributed by atoms with Crippen molar-refractivity contribution in [3.8, 4) is 17.1 Å². The summed E-state index contributed by atoms with van der Waals surface area (Å²) in [5, 5.41) is 3.28. The molecule has 8 heteroatoms. The maximum absolute atomic E-state index is 13.4. The summed E-state index contributed by atoms with van der Waals surface area (Å²) in [6.45, 7) is 1.75. The van der Waals surface area contributed by atoms with Gasteiger partial charge in [-0.15, -0.1) is 12.4 Å². The molecule has 1 saturated carbocycles. The van der Waals surface area contributed by atoms with Crippen LogP contribution in [0.2, 0.25) is 10.0 Å². The summed E-state index contributed by atoms with van der Waals surface area (Å²) in [4.78, 5) is 18.2. The minimum Gasteiger partial charge on any atom is -0.296 e. The third kappa shape index (κ3) is 4.67. The highest BCUT2D eigenvalue weighted by Crippen LogP contribution is 2.45. The van der Waals surface area contributed by atoms with Crippen molar-refractivity contribution < 1.29 is 4.79 Å². The predicted molar refractivity (Wildman–Crippen MR) is 131 cm³/mol. The van der Waals surface area contributed by atoms with E-state index in [-0.39, 0.29) is 18.3 Å². The van der Waals surface area contributed by atoms with Crippen LogP contribution in [0.5, 0.6) is 0 Å². The number of nitrogens with one attached hydrogen (secondary N) is 1. The van der Waals surface area contributed by atoms with Gasteiger partial charge in [0.05, 0.1) is 10.7 Å². The van der Waals surface area contributed by atoms with Crippen molar-refractivity contribution >= 4 is 41.5 Å². The number of aromatic nitrogens is 2. The Bertz CT molecular complexity index is 1100. The zero-order valence-corrected chi connectivity index (χ0v) is 19.9. The van der Waals surface area contributed by atoms with Crippen LogP contribution in [-0.2, 0) is 0 Å². The summed E-state index contributed by atoms with van der Waals surface area (Å²) >= 11 is 12.7. The number of halogens is 3. The van der Waals surface area contributed by atoms with E-state index in [1.807, 2.05) is 53.5 Å². The predicted octanol–water partition coefficient (Wildman–Crippen LogP) is 6.28. The maximum atomic E-state index is 13.4. The van der Waals surface area contributed by atoms with Gasteiger partial charge < -0.3 is 0 Å². The average Bonchev–Trinajstić information content (AvgIpc) is 3.55. The lowest BCUT2D eigenvalue weighted by atomic mass is 10.1. The Balaban J connectivity index is 0.00000245. The van der Waals surface area contributed by atoms with E-state index in [2.05, 4.69) is 9.99 Å². The smallest absolute Gasteiger partial charge is 0.286 e. The molecule has 1 aliphatic carbocycles. The van der Waals surface area contributed by atoms with Crippen LogP contribution >= 0.6 is 35.6 Å². The normalized spacial score (nSPS) is 16.4. The van der Waals surface area contributed by atoms with Gasteiger partial charge in [0.15, 0.2) is 5.69 Å². The van der Waals surface area contributed by atoms with E-state index in [0.717, 1.165) is 55.7 Å². The van der Waals surface area contributed by atoms with Gasteiger partial charge in [0.2, 0.25) is 0 Å². The molecule has 2 fully saturated rings. The van der Waals surface area contributed by atoms with Crippen LogP contribution < -0.4 is 5.43 Å². The highest BCUT2D eigenvalue weighted by molar-refractivity contribution is 6.33. The Morgan fingerprint density at radius 3 is 2.31 bits per heavy atom. The highest BCUT2D eigenvalue weighted by Gasteiger charge is 2.36. The zero-order chi connectivity index (χ0) is 21.4. The van der Waals surface area contributed by atoms with Gasteiger partial charge in [-0.2, -0.15) is 0 Å². The molecule has 0 bridgehead atoms. The summed E-state index contributed by atoms with van der Waals surface area (Å²) in [6.07, 6.45) is 5.50. The molecule has 168 valence electrons. The van der Waals surface area contributed by atoms with E-state index in [1.165, 1.54) is 6.42 Å². The Kier molecular flexibility index (Phi) is 7.11. The fraction of sp³-hybridized carbons (Fsp3) is 0.333. The first kappa shape index (κ1) is 23.1. The molecule has 0 unspecified atom stereocenters. The Morgan fingerprint density at radius 2 is 1.66 bits per heavy atom. The van der Waals surface area contributed by atoms with Gasteiger partial charge in [0.25, 0.3) is 5.91 Å². The topological polar surface area (TPSA) is 50.2 Å². The number of imidazole rings is 1. The third-order valence-electron chi connectivity index (χ3n) is 5.91. The minimum absolute atomic E-state index is 0. The monoisotopic (exact) mass is 490 g/mol. The van der Waals surface area contributed by atoms with E-state index in [9.17, 15) is 4.79 Å². The Labute approximate surface area is 204 Å². The molecule has 3 aromatic rings. The minimum atomic E-state index is -0.148. The molecule has 1 amide bonds. The van der Waals surface area contributed by atoms with Crippen molar-refractivity contribution in [3.05, 3.63) is 70.0 Å². The van der Waals surface area contributed by atoms with Crippen molar-refractivity contribution in [2.24, 2.45) is 0 Å². The number of amides is 1. The van der Waals surface area contributed by atoms with E-state index < -0.39 is 0 Å². The van der Waals surface area contributed by atoms with E-state index in [1.54, 1.807) is 0 Å². The van der Waals surface area contributed by atoms with Crippen LogP contribution in [0.1, 0.15) is 54.2 Å². The second-order valence-corrected chi connectivity index (χ2v) is 9.07. The number of hydrogen-bond donors (Lipinski definition) is 1. The molecule has 1 saturated heterocycles. The van der Waals surface area contributed by atoms with Gasteiger partial charge in [-0.25, -0.2) is 9.99 Å². The molecule has 2 aromatic carbocycles. The van der Waals surface area contributed by atoms with Crippen LogP contribution in [0.25, 0.3) is 17.1 Å². The van der Waals surface area contributed by atoms with E-state index >= 15 is 0 Å². The number of rotatable bonds is 5. The number of nitrogens with zero attached hydrogens (tertiary/aromatic N) is 3. The average molecular weight is 492 g/mol. The van der Waals surface area contributed by atoms with Crippen LogP contribution in [0.4, 0.5) is 0 Å². The van der Waals surface area contributed by atoms with Gasteiger partial charge in [0, 0.05) is 35.3 Å². The second kappa shape index (κ2) is 9.84. The molecular weight excluding hydrogens is 467 g/mol. The Morgan fingerprint density at radius 1 is 0.969 bits per heavy atom. The van der Waals surface area contributed by atoms with E-state index in [0.29, 0.717) is 27.5 Å². The number of benzene rings is 2. The van der Waals surface area contributed by atoms with Crippen molar-refractivity contribution in [1.29, 1.82) is 0 Å². The van der Waals surface area contributed by atoms with Crippen LogP contribution in [0.3, 0.4) is 0 Å². The van der Waals surface area contributed by atoms with Crippen LogP contribution in [-0.4, -0.2) is 33.6 Å². The molecule has 2 heterocycles. The first-order valence-corrected chi connectivity index (χ1v) is 11.6. The molecule has 32 heavy (non-hydrogen) atoms. The van der Waals surface area contributed by atoms with Crippen molar-refractivity contribution in [3.63, 3.8) is 0 Å². The van der Waals surface area contributed by atoms with Gasteiger partial charge in [-0.3, -0.25) is 14.8 Å². The molecule has 0 radical (unpaired) electrons. The molecule has 1 aliphatic heterocycles. The van der Waals surface area contributed by atoms with Gasteiger partial charge >= 0.3 is 0 Å². The molecule has 0 spiro atoms. The maximum Gasteiger partial charge on any atom is 0.286 e. The zero-order valence-electron chi connectivity index (χ0n) is 17.6. The fourth-order valence-corrected chi connectivity index (χ4v) is 4.56. The van der Waals surface area contributed by atoms with Crippen molar-refractivity contribution in [1.82, 2.24) is 20.0 Å². The lowest BCUT2D eigenvalue weighted by Gasteiger charge is -2.26. The third-order valence-corrected chi connectivity index (χ3v) is 6.49. The molecule has 2 aliphatic rings. The van der Waals surface area contributed by atoms with Crippen LogP contribution in [0, 0.1) is 0 Å².